The summed E-state index contributed by atoms with van der Waals surface area (Å²) in [6.45, 7) is 4.44. The molecule has 0 saturated carbocycles. The van der Waals surface area contributed by atoms with E-state index < -0.39 is 23.5 Å². The molecule has 0 amide bonds. The van der Waals surface area contributed by atoms with Gasteiger partial charge in [-0.25, -0.2) is 4.98 Å². The molecule has 116 valence electrons. The van der Waals surface area contributed by atoms with Crippen molar-refractivity contribution in [2.24, 2.45) is 0 Å². The molecule has 5 N–H and O–H groups in total. The molecule has 9 heteroatoms. The van der Waals surface area contributed by atoms with Crippen LogP contribution < -0.4 is 11.3 Å². The maximum Gasteiger partial charge on any atom is 0.280 e. The number of hydrogen-bond acceptors (Lipinski definition) is 7. The van der Waals surface area contributed by atoms with Gasteiger partial charge in [0.1, 0.15) is 11.8 Å². The summed E-state index contributed by atoms with van der Waals surface area (Å²) in [5, 5.41) is 19.1. The average Bonchev–Trinajstić information content (AvgIpc) is 2.82. The van der Waals surface area contributed by atoms with Crippen molar-refractivity contribution in [3.05, 3.63) is 16.7 Å². The van der Waals surface area contributed by atoms with Crippen molar-refractivity contribution in [3.8, 4) is 0 Å². The molecule has 21 heavy (non-hydrogen) atoms. The number of nitrogens with one attached hydrogen (secondary N) is 1. The number of nitrogen functional groups attached to an aromatic ring is 1. The molecule has 0 fully saturated rings. The Bertz CT molecular complexity index is 695. The Morgan fingerprint density at radius 1 is 1.57 bits per heavy atom. The van der Waals surface area contributed by atoms with Gasteiger partial charge in [0.15, 0.2) is 11.2 Å². The second kappa shape index (κ2) is 5.43. The number of aromatic nitrogens is 4. The van der Waals surface area contributed by atoms with E-state index in [4.69, 9.17) is 10.5 Å². The number of ether oxygens (including phenoxy) is 1. The number of hydrogen-bond donors (Lipinski definition) is 4. The van der Waals surface area contributed by atoms with E-state index in [1.54, 1.807) is 13.8 Å². The molecule has 0 aliphatic heterocycles. The number of H-pyrrole nitrogens is 1. The van der Waals surface area contributed by atoms with E-state index in [9.17, 15) is 15.0 Å². The molecule has 2 aromatic heterocycles. The summed E-state index contributed by atoms with van der Waals surface area (Å²) in [6, 6.07) is 0. The largest absolute Gasteiger partial charge is 0.393 e. The third-order valence-corrected chi connectivity index (χ3v) is 3.48. The minimum atomic E-state index is -1.15. The fraction of sp³-hybridized carbons (Fsp3) is 0.583. The van der Waals surface area contributed by atoms with Gasteiger partial charge in [0.25, 0.3) is 5.56 Å². The van der Waals surface area contributed by atoms with Gasteiger partial charge in [0, 0.05) is 0 Å². The van der Waals surface area contributed by atoms with Crippen molar-refractivity contribution in [1.29, 1.82) is 0 Å². The van der Waals surface area contributed by atoms with Gasteiger partial charge in [-0.1, -0.05) is 0 Å². The fourth-order valence-corrected chi connectivity index (χ4v) is 1.92. The Labute approximate surface area is 120 Å². The molecule has 3 atom stereocenters. The summed E-state index contributed by atoms with van der Waals surface area (Å²) < 4.78 is 7.22. The van der Waals surface area contributed by atoms with E-state index >= 15 is 0 Å². The highest BCUT2D eigenvalue weighted by Crippen LogP contribution is 2.24. The number of nitrogens with zero attached hydrogens (tertiary/aromatic N) is 3. The molecule has 0 radical (unpaired) electrons. The number of aliphatic hydroxyl groups is 2. The molecule has 2 aromatic rings. The van der Waals surface area contributed by atoms with Gasteiger partial charge in [-0.05, 0) is 20.8 Å². The van der Waals surface area contributed by atoms with Crippen LogP contribution in [0.15, 0.2) is 11.1 Å². The zero-order valence-corrected chi connectivity index (χ0v) is 12.1. The van der Waals surface area contributed by atoms with Crippen molar-refractivity contribution >= 4 is 17.1 Å². The van der Waals surface area contributed by atoms with Crippen LogP contribution in [0.4, 0.5) is 5.95 Å². The van der Waals surface area contributed by atoms with Crippen LogP contribution >= 0.6 is 0 Å². The van der Waals surface area contributed by atoms with Crippen LogP contribution in [0, 0.1) is 0 Å². The summed E-state index contributed by atoms with van der Waals surface area (Å²) in [5.74, 6) is -0.0260. The third-order valence-electron chi connectivity index (χ3n) is 3.48. The molecule has 0 bridgehead atoms. The van der Waals surface area contributed by atoms with Crippen LogP contribution in [-0.2, 0) is 4.74 Å². The van der Waals surface area contributed by atoms with Gasteiger partial charge < -0.3 is 20.7 Å². The summed E-state index contributed by atoms with van der Waals surface area (Å²) in [6.07, 6.45) is -0.103. The average molecular weight is 297 g/mol. The lowest BCUT2D eigenvalue weighted by atomic mass is 10.0. The van der Waals surface area contributed by atoms with Crippen LogP contribution in [0.25, 0.3) is 11.2 Å². The van der Waals surface area contributed by atoms with E-state index in [1.807, 2.05) is 0 Å². The second-order valence-electron chi connectivity index (χ2n) is 5.14. The first-order valence-corrected chi connectivity index (χ1v) is 6.47. The molecule has 0 aliphatic rings. The Kier molecular flexibility index (Phi) is 3.99. The molecule has 0 spiro atoms. The molecule has 2 heterocycles. The van der Waals surface area contributed by atoms with E-state index in [0.29, 0.717) is 0 Å². The van der Waals surface area contributed by atoms with Crippen LogP contribution in [0.5, 0.6) is 0 Å². The molecule has 2 rings (SSSR count). The predicted molar refractivity (Wildman–Crippen MR) is 75.5 cm³/mol. The first-order valence-electron chi connectivity index (χ1n) is 6.47. The normalized spacial score (nSPS) is 17.6. The van der Waals surface area contributed by atoms with Crippen LogP contribution in [-0.4, -0.2) is 48.0 Å². The molecular weight excluding hydrogens is 278 g/mol. The van der Waals surface area contributed by atoms with Gasteiger partial charge >= 0.3 is 0 Å². The minimum Gasteiger partial charge on any atom is -0.393 e. The summed E-state index contributed by atoms with van der Waals surface area (Å²) in [5.41, 5.74) is 4.35. The first kappa shape index (κ1) is 15.4. The van der Waals surface area contributed by atoms with Crippen molar-refractivity contribution in [2.45, 2.75) is 38.7 Å². The highest BCUT2D eigenvalue weighted by molar-refractivity contribution is 5.70. The number of imidazole rings is 1. The number of nitrogens with two attached hydrogens (primary N) is 1. The first-order chi connectivity index (χ1) is 9.78. The smallest absolute Gasteiger partial charge is 0.280 e. The number of fused-ring (bicyclic) bond motifs is 1. The van der Waals surface area contributed by atoms with Gasteiger partial charge in [-0.3, -0.25) is 14.3 Å². The van der Waals surface area contributed by atoms with E-state index in [2.05, 4.69) is 15.0 Å². The van der Waals surface area contributed by atoms with Gasteiger partial charge in [0.05, 0.1) is 19.0 Å². The predicted octanol–water partition coefficient (Wildman–Crippen LogP) is -0.631. The Balaban J connectivity index is 2.40. The standard InChI is InChI=1S/C12H19N5O4/c1-6(19)12(3,4-18)21-7(2)17-5-14-8-9(17)15-11(13)16-10(8)20/h5-7,18-19H,4H2,1-3H3,(H3,13,15,16,20)/t6-,7+,12+/m0/s1. The molecule has 0 saturated heterocycles. The van der Waals surface area contributed by atoms with Crippen molar-refractivity contribution in [1.82, 2.24) is 19.5 Å². The monoisotopic (exact) mass is 297 g/mol. The Hall–Kier alpha value is -1.97. The maximum atomic E-state index is 11.7. The zero-order valence-electron chi connectivity index (χ0n) is 12.1. The molecule has 9 nitrogen and oxygen atoms in total. The summed E-state index contributed by atoms with van der Waals surface area (Å²) >= 11 is 0. The third kappa shape index (κ3) is 2.75. The maximum absolute atomic E-state index is 11.7. The van der Waals surface area contributed by atoms with Crippen molar-refractivity contribution in [2.75, 3.05) is 12.3 Å². The van der Waals surface area contributed by atoms with Crippen LogP contribution in [0.3, 0.4) is 0 Å². The lowest BCUT2D eigenvalue weighted by Gasteiger charge is -2.34. The van der Waals surface area contributed by atoms with E-state index in [1.165, 1.54) is 17.8 Å². The van der Waals surface area contributed by atoms with Gasteiger partial charge in [-0.15, -0.1) is 0 Å². The molecular formula is C12H19N5O4. The number of aliphatic hydroxyl groups excluding tert-OH is 2. The quantitative estimate of drug-likeness (QED) is 0.576. The van der Waals surface area contributed by atoms with Crippen molar-refractivity contribution < 1.29 is 14.9 Å². The number of aromatic amines is 1. The molecule has 0 unspecified atom stereocenters. The highest BCUT2D eigenvalue weighted by Gasteiger charge is 2.33. The Morgan fingerprint density at radius 2 is 2.24 bits per heavy atom. The minimum absolute atomic E-state index is 0.0260. The van der Waals surface area contributed by atoms with Crippen LogP contribution in [0.2, 0.25) is 0 Å². The second-order valence-corrected chi connectivity index (χ2v) is 5.14. The SMILES string of the molecule is C[C@H](O)[C@@](C)(CO)O[C@H](C)n1cnc2c(=O)[nH]c(N)nc21. The van der Waals surface area contributed by atoms with Crippen molar-refractivity contribution in [3.63, 3.8) is 0 Å². The van der Waals surface area contributed by atoms with Crippen LogP contribution in [0.1, 0.15) is 27.0 Å². The highest BCUT2D eigenvalue weighted by atomic mass is 16.5. The van der Waals surface area contributed by atoms with E-state index in [-0.39, 0.29) is 23.7 Å². The number of anilines is 1. The van der Waals surface area contributed by atoms with Gasteiger partial charge in [-0.2, -0.15) is 4.98 Å². The topological polar surface area (TPSA) is 139 Å². The number of rotatable bonds is 5. The van der Waals surface area contributed by atoms with Gasteiger partial charge in [0.2, 0.25) is 5.95 Å². The lowest BCUT2D eigenvalue weighted by Crippen LogP contribution is -2.45. The Morgan fingerprint density at radius 3 is 2.81 bits per heavy atom. The zero-order chi connectivity index (χ0) is 15.8. The van der Waals surface area contributed by atoms with E-state index in [0.717, 1.165) is 0 Å². The molecule has 0 aliphatic carbocycles. The summed E-state index contributed by atoms with van der Waals surface area (Å²) in [4.78, 5) is 22.1. The fourth-order valence-electron chi connectivity index (χ4n) is 1.92. The molecule has 0 aromatic carbocycles. The summed E-state index contributed by atoms with van der Waals surface area (Å²) in [7, 11) is 0. The lowest BCUT2D eigenvalue weighted by molar-refractivity contribution is -0.176.